The van der Waals surface area contributed by atoms with Crippen LogP contribution in [0.15, 0.2) is 7.87 Å². The van der Waals surface area contributed by atoms with Crippen LogP contribution in [0.2, 0.25) is 0 Å². The van der Waals surface area contributed by atoms with Crippen LogP contribution >= 0.6 is 47.8 Å². The first-order valence-corrected chi connectivity index (χ1v) is 6.00. The Labute approximate surface area is 103 Å². The monoisotopic (exact) mass is 376 g/mol. The molecule has 0 fully saturated rings. The molecule has 0 heterocycles. The van der Waals surface area contributed by atoms with Crippen molar-refractivity contribution in [1.82, 2.24) is 0 Å². The Morgan fingerprint density at radius 3 is 2.00 bits per heavy atom. The quantitative estimate of drug-likeness (QED) is 0.537. The summed E-state index contributed by atoms with van der Waals surface area (Å²) in [6.45, 7) is 6.40. The van der Waals surface area contributed by atoms with Gasteiger partial charge >= 0.3 is 5.97 Å². The van der Waals surface area contributed by atoms with Crippen molar-refractivity contribution in [2.45, 2.75) is 20.8 Å². The standard InChI is InChI=1S/C8H11Br3O2/c1-8(2,3)4-13-7(12)5(9)6(10)11/h4H2,1-3H3. The summed E-state index contributed by atoms with van der Waals surface area (Å²) >= 11 is 9.31. The molecule has 0 aromatic carbocycles. The fourth-order valence-electron chi connectivity index (χ4n) is 0.423. The molecule has 0 aromatic rings. The zero-order valence-corrected chi connectivity index (χ0v) is 12.4. The van der Waals surface area contributed by atoms with Crippen LogP contribution in [0.5, 0.6) is 0 Å². The number of esters is 1. The van der Waals surface area contributed by atoms with Gasteiger partial charge in [-0.2, -0.15) is 0 Å². The lowest BCUT2D eigenvalue weighted by atomic mass is 9.99. The van der Waals surface area contributed by atoms with Gasteiger partial charge in [0.15, 0.2) is 0 Å². The minimum atomic E-state index is -0.376. The highest BCUT2D eigenvalue weighted by molar-refractivity contribution is 9.29. The SMILES string of the molecule is CC(C)(C)COC(=O)C(Br)=C(Br)Br. The summed E-state index contributed by atoms with van der Waals surface area (Å²) in [6.07, 6.45) is 0. The third-order valence-corrected chi connectivity index (χ3v) is 3.56. The number of halogens is 3. The molecule has 0 aromatic heterocycles. The fraction of sp³-hybridized carbons (Fsp3) is 0.625. The van der Waals surface area contributed by atoms with Crippen molar-refractivity contribution in [3.8, 4) is 0 Å². The van der Waals surface area contributed by atoms with Crippen LogP contribution < -0.4 is 0 Å². The maximum Gasteiger partial charge on any atom is 0.346 e. The molecule has 5 heteroatoms. The van der Waals surface area contributed by atoms with Gasteiger partial charge in [-0.15, -0.1) is 0 Å². The molecular weight excluding hydrogens is 368 g/mol. The molecule has 13 heavy (non-hydrogen) atoms. The van der Waals surface area contributed by atoms with Crippen molar-refractivity contribution in [1.29, 1.82) is 0 Å². The number of ether oxygens (including phenoxy) is 1. The van der Waals surface area contributed by atoms with E-state index < -0.39 is 0 Å². The highest BCUT2D eigenvalue weighted by Crippen LogP contribution is 2.25. The summed E-state index contributed by atoms with van der Waals surface area (Å²) in [5.74, 6) is -0.376. The minimum absolute atomic E-state index is 0.0122. The van der Waals surface area contributed by atoms with E-state index in [1.54, 1.807) is 0 Å². The van der Waals surface area contributed by atoms with E-state index in [4.69, 9.17) is 4.74 Å². The molecule has 0 N–H and O–H groups in total. The van der Waals surface area contributed by atoms with Crippen molar-refractivity contribution in [2.75, 3.05) is 6.61 Å². The molecule has 0 bridgehead atoms. The number of rotatable bonds is 2. The normalized spacial score (nSPS) is 10.9. The third-order valence-electron chi connectivity index (χ3n) is 0.981. The van der Waals surface area contributed by atoms with Crippen molar-refractivity contribution >= 4 is 53.8 Å². The fourth-order valence-corrected chi connectivity index (χ4v) is 0.861. The van der Waals surface area contributed by atoms with E-state index in [1.807, 2.05) is 20.8 Å². The van der Waals surface area contributed by atoms with Gasteiger partial charge in [0.2, 0.25) is 0 Å². The van der Waals surface area contributed by atoms with Crippen molar-refractivity contribution in [3.63, 3.8) is 0 Å². The topological polar surface area (TPSA) is 26.3 Å². The first-order chi connectivity index (χ1) is 5.74. The predicted molar refractivity (Wildman–Crippen MR) is 64.2 cm³/mol. The van der Waals surface area contributed by atoms with Crippen LogP contribution in [-0.2, 0) is 9.53 Å². The first kappa shape index (κ1) is 13.7. The van der Waals surface area contributed by atoms with Gasteiger partial charge in [-0.3, -0.25) is 0 Å². The second-order valence-corrected chi connectivity index (χ2v) is 7.15. The van der Waals surface area contributed by atoms with E-state index in [1.165, 1.54) is 0 Å². The summed E-state index contributed by atoms with van der Waals surface area (Å²) in [5, 5.41) is 0. The Kier molecular flexibility index (Phi) is 5.79. The van der Waals surface area contributed by atoms with E-state index in [-0.39, 0.29) is 11.4 Å². The highest BCUT2D eigenvalue weighted by atomic mass is 79.9. The Hall–Kier alpha value is 0.650. The van der Waals surface area contributed by atoms with Gasteiger partial charge in [0.25, 0.3) is 0 Å². The second kappa shape index (κ2) is 5.51. The summed E-state index contributed by atoms with van der Waals surface area (Å²) in [6, 6.07) is 0. The third kappa shape index (κ3) is 6.69. The maximum atomic E-state index is 11.2. The van der Waals surface area contributed by atoms with Crippen molar-refractivity contribution in [3.05, 3.63) is 7.87 Å². The Morgan fingerprint density at radius 2 is 1.69 bits per heavy atom. The van der Waals surface area contributed by atoms with E-state index >= 15 is 0 Å². The van der Waals surface area contributed by atoms with Gasteiger partial charge in [0.1, 0.15) is 4.48 Å². The van der Waals surface area contributed by atoms with Gasteiger partial charge in [0.05, 0.1) is 10.00 Å². The number of hydrogen-bond donors (Lipinski definition) is 0. The van der Waals surface area contributed by atoms with Crippen LogP contribution in [0.25, 0.3) is 0 Å². The van der Waals surface area contributed by atoms with Crippen LogP contribution in [-0.4, -0.2) is 12.6 Å². The summed E-state index contributed by atoms with van der Waals surface area (Å²) in [5.41, 5.74) is -0.0122. The Balaban J connectivity index is 4.12. The Bertz CT molecular complexity index is 224. The summed E-state index contributed by atoms with van der Waals surface area (Å²) in [4.78, 5) is 11.2. The molecule has 0 radical (unpaired) electrons. The first-order valence-electron chi connectivity index (χ1n) is 3.62. The van der Waals surface area contributed by atoms with E-state index in [0.717, 1.165) is 0 Å². The molecule has 0 spiro atoms. The minimum Gasteiger partial charge on any atom is -0.461 e. The van der Waals surface area contributed by atoms with E-state index in [2.05, 4.69) is 47.8 Å². The summed E-state index contributed by atoms with van der Waals surface area (Å²) < 4.78 is 5.94. The van der Waals surface area contributed by atoms with Crippen molar-refractivity contribution < 1.29 is 9.53 Å². The largest absolute Gasteiger partial charge is 0.461 e. The molecule has 0 amide bonds. The van der Waals surface area contributed by atoms with Gasteiger partial charge in [0, 0.05) is 0 Å². The van der Waals surface area contributed by atoms with Gasteiger partial charge in [-0.1, -0.05) is 20.8 Å². The maximum absolute atomic E-state index is 11.2. The van der Waals surface area contributed by atoms with Gasteiger partial charge in [-0.25, -0.2) is 4.79 Å². The summed E-state index contributed by atoms with van der Waals surface area (Å²) in [7, 11) is 0. The van der Waals surface area contributed by atoms with Crippen LogP contribution in [0.1, 0.15) is 20.8 Å². The zero-order valence-electron chi connectivity index (χ0n) is 7.66. The second-order valence-electron chi connectivity index (χ2n) is 3.71. The molecule has 0 aliphatic rings. The lowest BCUT2D eigenvalue weighted by molar-refractivity contribution is -0.140. The van der Waals surface area contributed by atoms with Crippen LogP contribution in [0, 0.1) is 5.41 Å². The molecule has 0 aliphatic carbocycles. The molecule has 0 aliphatic heterocycles. The van der Waals surface area contributed by atoms with Gasteiger partial charge < -0.3 is 4.74 Å². The van der Waals surface area contributed by atoms with E-state index in [0.29, 0.717) is 14.5 Å². The van der Waals surface area contributed by atoms with Crippen molar-refractivity contribution in [2.24, 2.45) is 5.41 Å². The molecule has 0 atom stereocenters. The highest BCUT2D eigenvalue weighted by Gasteiger charge is 2.16. The molecule has 0 unspecified atom stereocenters. The zero-order chi connectivity index (χ0) is 10.6. The van der Waals surface area contributed by atoms with Crippen LogP contribution in [0.3, 0.4) is 0 Å². The molecule has 0 rings (SSSR count). The molecular formula is C8H11Br3O2. The molecule has 76 valence electrons. The average molecular weight is 379 g/mol. The number of carbonyl (C=O) groups excluding carboxylic acids is 1. The molecule has 0 saturated carbocycles. The number of hydrogen-bond acceptors (Lipinski definition) is 2. The number of carbonyl (C=O) groups is 1. The molecule has 2 nitrogen and oxygen atoms in total. The van der Waals surface area contributed by atoms with E-state index in [9.17, 15) is 4.79 Å². The molecule has 0 saturated heterocycles. The van der Waals surface area contributed by atoms with Crippen LogP contribution in [0.4, 0.5) is 0 Å². The predicted octanol–water partition coefficient (Wildman–Crippen LogP) is 3.93. The lowest BCUT2D eigenvalue weighted by Crippen LogP contribution is -2.18. The Morgan fingerprint density at radius 1 is 1.23 bits per heavy atom. The smallest absolute Gasteiger partial charge is 0.346 e. The average Bonchev–Trinajstić information content (AvgIpc) is 1.97. The van der Waals surface area contributed by atoms with Gasteiger partial charge in [-0.05, 0) is 53.2 Å². The lowest BCUT2D eigenvalue weighted by Gasteiger charge is -2.17.